The Bertz CT molecular complexity index is 606. The number of ether oxygens (including phenoxy) is 1. The van der Waals surface area contributed by atoms with Crippen LogP contribution in [0.1, 0.15) is 12.8 Å². The standard InChI is InChI=1S/C14H21N3O3S/c15-13-11-12(3-4-14(13)16-5-1-2-6-16)21(18,19)17-7-9-20-10-8-17/h3-4,11H,1-2,5-10,15H2. The quantitative estimate of drug-likeness (QED) is 0.839. The molecule has 2 aliphatic rings. The number of rotatable bonds is 3. The predicted octanol–water partition coefficient (Wildman–Crippen LogP) is 0.890. The highest BCUT2D eigenvalue weighted by atomic mass is 32.2. The first-order valence-corrected chi connectivity index (χ1v) is 8.75. The Kier molecular flexibility index (Phi) is 4.05. The monoisotopic (exact) mass is 311 g/mol. The van der Waals surface area contributed by atoms with Crippen molar-refractivity contribution in [3.05, 3.63) is 18.2 Å². The number of sulfonamides is 1. The predicted molar refractivity (Wildman–Crippen MR) is 81.9 cm³/mol. The Hall–Kier alpha value is -1.31. The van der Waals surface area contributed by atoms with Gasteiger partial charge in [-0.15, -0.1) is 0 Å². The van der Waals surface area contributed by atoms with Crippen molar-refractivity contribution < 1.29 is 13.2 Å². The molecular weight excluding hydrogens is 290 g/mol. The van der Waals surface area contributed by atoms with E-state index in [1.807, 2.05) is 6.07 Å². The van der Waals surface area contributed by atoms with E-state index in [2.05, 4.69) is 4.90 Å². The molecule has 0 saturated carbocycles. The van der Waals surface area contributed by atoms with E-state index in [9.17, 15) is 8.42 Å². The molecule has 3 rings (SSSR count). The number of hydrogen-bond donors (Lipinski definition) is 1. The highest BCUT2D eigenvalue weighted by molar-refractivity contribution is 7.89. The Balaban J connectivity index is 1.86. The number of nitrogen functional groups attached to an aromatic ring is 1. The molecule has 0 radical (unpaired) electrons. The topological polar surface area (TPSA) is 75.9 Å². The van der Waals surface area contributed by atoms with E-state index < -0.39 is 10.0 Å². The average molecular weight is 311 g/mol. The van der Waals surface area contributed by atoms with Gasteiger partial charge in [-0.3, -0.25) is 0 Å². The molecule has 0 unspecified atom stereocenters. The van der Waals surface area contributed by atoms with Crippen LogP contribution in [0.3, 0.4) is 0 Å². The summed E-state index contributed by atoms with van der Waals surface area (Å²) in [6.45, 7) is 3.66. The van der Waals surface area contributed by atoms with Crippen LogP contribution in [0.15, 0.2) is 23.1 Å². The van der Waals surface area contributed by atoms with Crippen LogP contribution in [0.25, 0.3) is 0 Å². The molecule has 2 saturated heterocycles. The molecule has 7 heteroatoms. The second kappa shape index (κ2) is 5.82. The highest BCUT2D eigenvalue weighted by Crippen LogP contribution is 2.30. The second-order valence-electron chi connectivity index (χ2n) is 5.43. The maximum atomic E-state index is 12.6. The molecule has 2 fully saturated rings. The molecule has 1 aromatic carbocycles. The Morgan fingerprint density at radius 2 is 1.71 bits per heavy atom. The molecule has 6 nitrogen and oxygen atoms in total. The zero-order chi connectivity index (χ0) is 14.9. The Morgan fingerprint density at radius 3 is 2.33 bits per heavy atom. The van der Waals surface area contributed by atoms with E-state index in [1.165, 1.54) is 4.31 Å². The largest absolute Gasteiger partial charge is 0.397 e. The lowest BCUT2D eigenvalue weighted by atomic mass is 10.2. The van der Waals surface area contributed by atoms with Crippen LogP contribution in [0.2, 0.25) is 0 Å². The first kappa shape index (κ1) is 14.6. The van der Waals surface area contributed by atoms with Crippen molar-refractivity contribution in [1.29, 1.82) is 0 Å². The third-order valence-electron chi connectivity index (χ3n) is 4.05. The minimum absolute atomic E-state index is 0.268. The normalized spacial score (nSPS) is 20.9. The molecule has 2 heterocycles. The fourth-order valence-corrected chi connectivity index (χ4v) is 4.32. The first-order chi connectivity index (χ1) is 10.1. The maximum absolute atomic E-state index is 12.6. The van der Waals surface area contributed by atoms with Gasteiger partial charge < -0.3 is 15.4 Å². The van der Waals surface area contributed by atoms with Gasteiger partial charge in [-0.25, -0.2) is 8.42 Å². The molecular formula is C14H21N3O3S. The number of anilines is 2. The van der Waals surface area contributed by atoms with Crippen LogP contribution in [-0.2, 0) is 14.8 Å². The summed E-state index contributed by atoms with van der Waals surface area (Å²) in [7, 11) is -3.47. The van der Waals surface area contributed by atoms with Crippen LogP contribution in [-0.4, -0.2) is 52.1 Å². The average Bonchev–Trinajstić information content (AvgIpc) is 3.02. The summed E-state index contributed by atoms with van der Waals surface area (Å²) in [6.07, 6.45) is 2.32. The van der Waals surface area contributed by atoms with Gasteiger partial charge in [0.25, 0.3) is 0 Å². The van der Waals surface area contributed by atoms with Gasteiger partial charge in [-0.05, 0) is 31.0 Å². The minimum atomic E-state index is -3.47. The fourth-order valence-electron chi connectivity index (χ4n) is 2.88. The molecule has 0 spiro atoms. The molecule has 0 bridgehead atoms. The summed E-state index contributed by atoms with van der Waals surface area (Å²) < 4.78 is 31.8. The van der Waals surface area contributed by atoms with E-state index in [0.29, 0.717) is 32.0 Å². The van der Waals surface area contributed by atoms with Gasteiger partial charge in [0.05, 0.1) is 29.5 Å². The third-order valence-corrected chi connectivity index (χ3v) is 5.95. The van der Waals surface area contributed by atoms with E-state index in [0.717, 1.165) is 31.6 Å². The van der Waals surface area contributed by atoms with Crippen molar-refractivity contribution in [2.45, 2.75) is 17.7 Å². The summed E-state index contributed by atoms with van der Waals surface area (Å²) in [4.78, 5) is 2.48. The van der Waals surface area contributed by atoms with Crippen molar-refractivity contribution >= 4 is 21.4 Å². The van der Waals surface area contributed by atoms with Crippen molar-refractivity contribution in [2.24, 2.45) is 0 Å². The number of benzene rings is 1. The summed E-state index contributed by atoms with van der Waals surface area (Å²) in [5.41, 5.74) is 7.55. The first-order valence-electron chi connectivity index (χ1n) is 7.31. The third kappa shape index (κ3) is 2.86. The van der Waals surface area contributed by atoms with Gasteiger partial charge in [0.2, 0.25) is 10.0 Å². The van der Waals surface area contributed by atoms with Crippen molar-refractivity contribution in [2.75, 3.05) is 50.0 Å². The van der Waals surface area contributed by atoms with E-state index >= 15 is 0 Å². The second-order valence-corrected chi connectivity index (χ2v) is 7.37. The molecule has 0 atom stereocenters. The van der Waals surface area contributed by atoms with Crippen molar-refractivity contribution in [1.82, 2.24) is 4.31 Å². The van der Waals surface area contributed by atoms with Crippen LogP contribution < -0.4 is 10.6 Å². The summed E-state index contributed by atoms with van der Waals surface area (Å²) in [6, 6.07) is 5.07. The number of hydrogen-bond acceptors (Lipinski definition) is 5. The molecule has 0 amide bonds. The summed E-state index contributed by atoms with van der Waals surface area (Å²) in [5.74, 6) is 0. The van der Waals surface area contributed by atoms with E-state index in [4.69, 9.17) is 10.5 Å². The van der Waals surface area contributed by atoms with Crippen LogP contribution >= 0.6 is 0 Å². The lowest BCUT2D eigenvalue weighted by Crippen LogP contribution is -2.40. The van der Waals surface area contributed by atoms with Gasteiger partial charge in [0.1, 0.15) is 0 Å². The smallest absolute Gasteiger partial charge is 0.243 e. The van der Waals surface area contributed by atoms with Gasteiger partial charge in [-0.2, -0.15) is 4.31 Å². The van der Waals surface area contributed by atoms with Gasteiger partial charge >= 0.3 is 0 Å². The zero-order valence-electron chi connectivity index (χ0n) is 12.0. The fraction of sp³-hybridized carbons (Fsp3) is 0.571. The number of nitrogens with two attached hydrogens (primary N) is 1. The van der Waals surface area contributed by atoms with Gasteiger partial charge in [-0.1, -0.05) is 0 Å². The Morgan fingerprint density at radius 1 is 1.05 bits per heavy atom. The molecule has 2 N–H and O–H groups in total. The molecule has 1 aromatic rings. The van der Waals surface area contributed by atoms with Gasteiger partial charge in [0.15, 0.2) is 0 Å². The molecule has 116 valence electrons. The van der Waals surface area contributed by atoms with Crippen LogP contribution in [0.5, 0.6) is 0 Å². The molecule has 2 aliphatic heterocycles. The summed E-state index contributed by atoms with van der Waals surface area (Å²) >= 11 is 0. The maximum Gasteiger partial charge on any atom is 0.243 e. The lowest BCUT2D eigenvalue weighted by molar-refractivity contribution is 0.0730. The van der Waals surface area contributed by atoms with Crippen molar-refractivity contribution in [3.8, 4) is 0 Å². The lowest BCUT2D eigenvalue weighted by Gasteiger charge is -2.26. The molecule has 0 aliphatic carbocycles. The van der Waals surface area contributed by atoms with E-state index in [1.54, 1.807) is 12.1 Å². The molecule has 21 heavy (non-hydrogen) atoms. The van der Waals surface area contributed by atoms with Crippen LogP contribution in [0.4, 0.5) is 11.4 Å². The molecule has 0 aromatic heterocycles. The SMILES string of the molecule is Nc1cc(S(=O)(=O)N2CCOCC2)ccc1N1CCCC1. The number of morpholine rings is 1. The summed E-state index contributed by atoms with van der Waals surface area (Å²) in [5, 5.41) is 0. The van der Waals surface area contributed by atoms with E-state index in [-0.39, 0.29) is 4.90 Å². The van der Waals surface area contributed by atoms with Crippen LogP contribution in [0, 0.1) is 0 Å². The Labute approximate surface area is 125 Å². The van der Waals surface area contributed by atoms with Gasteiger partial charge in [0, 0.05) is 26.2 Å². The highest BCUT2D eigenvalue weighted by Gasteiger charge is 2.27. The zero-order valence-corrected chi connectivity index (χ0v) is 12.8. The van der Waals surface area contributed by atoms with Crippen molar-refractivity contribution in [3.63, 3.8) is 0 Å². The number of nitrogens with zero attached hydrogens (tertiary/aromatic N) is 2. The minimum Gasteiger partial charge on any atom is -0.397 e.